The summed E-state index contributed by atoms with van der Waals surface area (Å²) < 4.78 is 5.45. The Morgan fingerprint density at radius 2 is 2.43 bits per heavy atom. The van der Waals surface area contributed by atoms with E-state index in [2.05, 4.69) is 20.5 Å². The van der Waals surface area contributed by atoms with Crippen LogP contribution in [0.5, 0.6) is 5.75 Å². The third-order valence-corrected chi connectivity index (χ3v) is 3.34. The van der Waals surface area contributed by atoms with Gasteiger partial charge in [0, 0.05) is 12.5 Å². The van der Waals surface area contributed by atoms with E-state index in [1.54, 1.807) is 6.08 Å². The van der Waals surface area contributed by atoms with Crippen molar-refractivity contribution in [2.75, 3.05) is 6.61 Å². The van der Waals surface area contributed by atoms with Crippen molar-refractivity contribution in [3.8, 4) is 5.75 Å². The lowest BCUT2D eigenvalue weighted by Crippen LogP contribution is -2.25. The number of aromatic nitrogens is 3. The molecule has 1 atom stereocenters. The maximum Gasteiger partial charge on any atom is 0.244 e. The smallest absolute Gasteiger partial charge is 0.244 e. The highest BCUT2D eigenvalue weighted by molar-refractivity contribution is 5.91. The second-order valence-electron chi connectivity index (χ2n) is 4.90. The van der Waals surface area contributed by atoms with Crippen LogP contribution in [0.4, 0.5) is 0 Å². The highest BCUT2D eigenvalue weighted by Gasteiger charge is 2.12. The molecule has 2 N–H and O–H groups in total. The lowest BCUT2D eigenvalue weighted by Gasteiger charge is -2.08. The number of hydrogen-bond donors (Lipinski definition) is 2. The molecule has 108 valence electrons. The standard InChI is InChI=1S/C15H16N4O2/c1-10(15-16-9-17-19-15)18-14(20)5-3-11-2-4-13-12(8-11)6-7-21-13/h2-5,8-10H,6-7H2,1H3,(H,18,20)(H,16,17,19)/b5-3+. The van der Waals surface area contributed by atoms with Crippen molar-refractivity contribution in [3.05, 3.63) is 47.6 Å². The normalized spacial score (nSPS) is 14.7. The van der Waals surface area contributed by atoms with Crippen LogP contribution in [0.15, 0.2) is 30.6 Å². The highest BCUT2D eigenvalue weighted by Crippen LogP contribution is 2.26. The Bertz CT molecular complexity index is 664. The van der Waals surface area contributed by atoms with Crippen LogP contribution in [0.1, 0.15) is 29.9 Å². The minimum atomic E-state index is -0.210. The van der Waals surface area contributed by atoms with Gasteiger partial charge in [0.2, 0.25) is 5.91 Å². The highest BCUT2D eigenvalue weighted by atomic mass is 16.5. The van der Waals surface area contributed by atoms with Gasteiger partial charge in [-0.1, -0.05) is 6.07 Å². The molecule has 0 saturated carbocycles. The van der Waals surface area contributed by atoms with Gasteiger partial charge in [-0.25, -0.2) is 4.98 Å². The quantitative estimate of drug-likeness (QED) is 0.836. The van der Waals surface area contributed by atoms with Crippen LogP contribution >= 0.6 is 0 Å². The van der Waals surface area contributed by atoms with E-state index in [0.717, 1.165) is 24.3 Å². The molecular weight excluding hydrogens is 268 g/mol. The number of rotatable bonds is 4. The summed E-state index contributed by atoms with van der Waals surface area (Å²) in [5.41, 5.74) is 2.18. The van der Waals surface area contributed by atoms with Crippen LogP contribution in [0.2, 0.25) is 0 Å². The van der Waals surface area contributed by atoms with Gasteiger partial charge in [0.25, 0.3) is 0 Å². The van der Waals surface area contributed by atoms with Gasteiger partial charge in [-0.2, -0.15) is 5.10 Å². The van der Waals surface area contributed by atoms with E-state index < -0.39 is 0 Å². The zero-order chi connectivity index (χ0) is 14.7. The first-order chi connectivity index (χ1) is 10.2. The number of nitrogens with one attached hydrogen (secondary N) is 2. The Morgan fingerprint density at radius 1 is 1.52 bits per heavy atom. The first kappa shape index (κ1) is 13.4. The average molecular weight is 284 g/mol. The van der Waals surface area contributed by atoms with Gasteiger partial charge in [0.1, 0.15) is 17.9 Å². The predicted octanol–water partition coefficient (Wildman–Crippen LogP) is 1.63. The van der Waals surface area contributed by atoms with Gasteiger partial charge >= 0.3 is 0 Å². The molecule has 0 spiro atoms. The largest absolute Gasteiger partial charge is 0.493 e. The van der Waals surface area contributed by atoms with Crippen molar-refractivity contribution < 1.29 is 9.53 Å². The summed E-state index contributed by atoms with van der Waals surface area (Å²) in [6.07, 6.45) is 5.65. The van der Waals surface area contributed by atoms with Gasteiger partial charge < -0.3 is 10.1 Å². The zero-order valence-corrected chi connectivity index (χ0v) is 11.7. The number of carbonyl (C=O) groups is 1. The number of hydrogen-bond acceptors (Lipinski definition) is 4. The molecule has 0 aliphatic carbocycles. The minimum Gasteiger partial charge on any atom is -0.493 e. The molecule has 0 fully saturated rings. The van der Waals surface area contributed by atoms with Crippen molar-refractivity contribution in [2.45, 2.75) is 19.4 Å². The number of nitrogens with zero attached hydrogens (tertiary/aromatic N) is 2. The van der Waals surface area contributed by atoms with Crippen molar-refractivity contribution in [1.82, 2.24) is 20.5 Å². The van der Waals surface area contributed by atoms with E-state index in [-0.39, 0.29) is 11.9 Å². The molecular formula is C15H16N4O2. The topological polar surface area (TPSA) is 79.9 Å². The summed E-state index contributed by atoms with van der Waals surface area (Å²) in [5, 5.41) is 9.31. The number of H-pyrrole nitrogens is 1. The SMILES string of the molecule is CC(NC(=O)/C=C/c1ccc2c(c1)CCO2)c1ncn[nH]1. The van der Waals surface area contributed by atoms with E-state index in [1.807, 2.05) is 25.1 Å². The Morgan fingerprint density at radius 3 is 3.24 bits per heavy atom. The molecule has 1 aliphatic heterocycles. The van der Waals surface area contributed by atoms with Crippen molar-refractivity contribution >= 4 is 12.0 Å². The number of ether oxygens (including phenoxy) is 1. The molecule has 1 amide bonds. The van der Waals surface area contributed by atoms with Crippen LogP contribution in [0.3, 0.4) is 0 Å². The number of fused-ring (bicyclic) bond motifs is 1. The lowest BCUT2D eigenvalue weighted by atomic mass is 10.1. The molecule has 6 nitrogen and oxygen atoms in total. The molecule has 2 aromatic rings. The molecule has 0 bridgehead atoms. The van der Waals surface area contributed by atoms with E-state index in [9.17, 15) is 4.79 Å². The molecule has 1 unspecified atom stereocenters. The molecule has 1 aliphatic rings. The van der Waals surface area contributed by atoms with Crippen LogP contribution in [-0.4, -0.2) is 27.7 Å². The number of carbonyl (C=O) groups excluding carboxylic acids is 1. The van der Waals surface area contributed by atoms with E-state index in [1.165, 1.54) is 18.0 Å². The van der Waals surface area contributed by atoms with E-state index in [0.29, 0.717) is 5.82 Å². The molecule has 3 rings (SSSR count). The second kappa shape index (κ2) is 5.78. The third-order valence-electron chi connectivity index (χ3n) is 3.34. The summed E-state index contributed by atoms with van der Waals surface area (Å²) >= 11 is 0. The fourth-order valence-electron chi connectivity index (χ4n) is 2.24. The summed E-state index contributed by atoms with van der Waals surface area (Å²) in [4.78, 5) is 15.9. The number of amides is 1. The maximum atomic E-state index is 11.9. The molecule has 0 saturated heterocycles. The lowest BCUT2D eigenvalue weighted by molar-refractivity contribution is -0.117. The Balaban J connectivity index is 1.62. The molecule has 1 aromatic carbocycles. The van der Waals surface area contributed by atoms with Gasteiger partial charge in [0.05, 0.1) is 12.6 Å². The monoisotopic (exact) mass is 284 g/mol. The van der Waals surface area contributed by atoms with E-state index in [4.69, 9.17) is 4.74 Å². The van der Waals surface area contributed by atoms with Crippen molar-refractivity contribution in [3.63, 3.8) is 0 Å². The first-order valence-electron chi connectivity index (χ1n) is 6.82. The Hall–Kier alpha value is -2.63. The van der Waals surface area contributed by atoms with Gasteiger partial charge in [-0.15, -0.1) is 0 Å². The fourth-order valence-corrected chi connectivity index (χ4v) is 2.24. The van der Waals surface area contributed by atoms with Crippen LogP contribution in [-0.2, 0) is 11.2 Å². The summed E-state index contributed by atoms with van der Waals surface area (Å²) in [7, 11) is 0. The third kappa shape index (κ3) is 3.10. The molecule has 0 radical (unpaired) electrons. The fraction of sp³-hybridized carbons (Fsp3) is 0.267. The van der Waals surface area contributed by atoms with Crippen molar-refractivity contribution in [1.29, 1.82) is 0 Å². The second-order valence-corrected chi connectivity index (χ2v) is 4.90. The maximum absolute atomic E-state index is 11.9. The van der Waals surface area contributed by atoms with Gasteiger partial charge in [-0.3, -0.25) is 9.89 Å². The first-order valence-corrected chi connectivity index (χ1v) is 6.82. The van der Waals surface area contributed by atoms with Crippen LogP contribution in [0, 0.1) is 0 Å². The predicted molar refractivity (Wildman–Crippen MR) is 77.6 cm³/mol. The molecule has 1 aromatic heterocycles. The van der Waals surface area contributed by atoms with Crippen LogP contribution < -0.4 is 10.1 Å². The summed E-state index contributed by atoms with van der Waals surface area (Å²) in [5.74, 6) is 1.40. The Labute approximate surface area is 122 Å². The van der Waals surface area contributed by atoms with Gasteiger partial charge in [0.15, 0.2) is 0 Å². The van der Waals surface area contributed by atoms with E-state index >= 15 is 0 Å². The number of aromatic amines is 1. The molecule has 2 heterocycles. The zero-order valence-electron chi connectivity index (χ0n) is 11.7. The average Bonchev–Trinajstić information content (AvgIpc) is 3.15. The molecule has 21 heavy (non-hydrogen) atoms. The Kier molecular flexibility index (Phi) is 3.68. The van der Waals surface area contributed by atoms with Crippen LogP contribution in [0.25, 0.3) is 6.08 Å². The summed E-state index contributed by atoms with van der Waals surface area (Å²) in [6, 6.07) is 5.72. The van der Waals surface area contributed by atoms with Gasteiger partial charge in [-0.05, 0) is 36.3 Å². The molecule has 6 heteroatoms. The minimum absolute atomic E-state index is 0.171. The number of benzene rings is 1. The summed E-state index contributed by atoms with van der Waals surface area (Å²) in [6.45, 7) is 2.58. The van der Waals surface area contributed by atoms with Crippen molar-refractivity contribution in [2.24, 2.45) is 0 Å².